The summed E-state index contributed by atoms with van der Waals surface area (Å²) in [5.41, 5.74) is 6.93. The first-order chi connectivity index (χ1) is 9.68. The maximum absolute atomic E-state index is 5.70. The topological polar surface area (TPSA) is 67.1 Å². The molecule has 20 heavy (non-hydrogen) atoms. The van der Waals surface area contributed by atoms with Crippen LogP contribution in [0.2, 0.25) is 0 Å². The van der Waals surface area contributed by atoms with Gasteiger partial charge < -0.3 is 16.0 Å². The molecule has 2 aromatic rings. The quantitative estimate of drug-likeness (QED) is 0.794. The Morgan fingerprint density at radius 3 is 2.75 bits per heavy atom. The SMILES string of the molecule is CN(CCCNc1ncnc(N)c1Br)c1ccccc1. The first-order valence-electron chi connectivity index (χ1n) is 6.44. The molecule has 0 spiro atoms. The van der Waals surface area contributed by atoms with Crippen LogP contribution in [0.3, 0.4) is 0 Å². The van der Waals surface area contributed by atoms with Gasteiger partial charge in [0.2, 0.25) is 0 Å². The third-order valence-corrected chi connectivity index (χ3v) is 3.76. The van der Waals surface area contributed by atoms with Gasteiger partial charge in [-0.25, -0.2) is 9.97 Å². The van der Waals surface area contributed by atoms with Crippen molar-refractivity contribution in [2.45, 2.75) is 6.42 Å². The molecule has 1 aromatic heterocycles. The number of hydrogen-bond donors (Lipinski definition) is 2. The zero-order valence-electron chi connectivity index (χ0n) is 11.4. The van der Waals surface area contributed by atoms with Crippen LogP contribution < -0.4 is 16.0 Å². The minimum atomic E-state index is 0.448. The normalized spacial score (nSPS) is 10.3. The fraction of sp³-hybridized carbons (Fsp3) is 0.286. The molecule has 5 nitrogen and oxygen atoms in total. The van der Waals surface area contributed by atoms with Crippen LogP contribution >= 0.6 is 15.9 Å². The Hall–Kier alpha value is -1.82. The zero-order chi connectivity index (χ0) is 14.4. The number of anilines is 3. The minimum absolute atomic E-state index is 0.448. The lowest BCUT2D eigenvalue weighted by Gasteiger charge is -2.19. The van der Waals surface area contributed by atoms with Crippen molar-refractivity contribution in [2.24, 2.45) is 0 Å². The van der Waals surface area contributed by atoms with Gasteiger partial charge in [0.25, 0.3) is 0 Å². The van der Waals surface area contributed by atoms with Crippen molar-refractivity contribution < 1.29 is 0 Å². The molecule has 0 amide bonds. The maximum Gasteiger partial charge on any atom is 0.145 e. The maximum atomic E-state index is 5.70. The average Bonchev–Trinajstić information content (AvgIpc) is 2.48. The first kappa shape index (κ1) is 14.6. The van der Waals surface area contributed by atoms with Gasteiger partial charge in [-0.2, -0.15) is 0 Å². The van der Waals surface area contributed by atoms with E-state index in [-0.39, 0.29) is 0 Å². The van der Waals surface area contributed by atoms with E-state index in [2.05, 4.69) is 55.3 Å². The Balaban J connectivity index is 1.78. The second-order valence-electron chi connectivity index (χ2n) is 4.46. The van der Waals surface area contributed by atoms with Crippen molar-refractivity contribution in [1.82, 2.24) is 9.97 Å². The molecule has 0 saturated carbocycles. The van der Waals surface area contributed by atoms with Gasteiger partial charge in [-0.3, -0.25) is 0 Å². The Kier molecular flexibility index (Phi) is 5.17. The predicted octanol–water partition coefficient (Wildman–Crippen LogP) is 2.76. The molecule has 0 aliphatic carbocycles. The third-order valence-electron chi connectivity index (χ3n) is 2.98. The fourth-order valence-corrected chi connectivity index (χ4v) is 2.19. The number of aromatic nitrogens is 2. The molecule has 0 fully saturated rings. The third kappa shape index (κ3) is 3.84. The van der Waals surface area contributed by atoms with Crippen molar-refractivity contribution in [3.8, 4) is 0 Å². The van der Waals surface area contributed by atoms with Crippen molar-refractivity contribution >= 4 is 33.3 Å². The van der Waals surface area contributed by atoms with Gasteiger partial charge in [-0.1, -0.05) is 18.2 Å². The van der Waals surface area contributed by atoms with Gasteiger partial charge in [0.15, 0.2) is 0 Å². The minimum Gasteiger partial charge on any atom is -0.383 e. The van der Waals surface area contributed by atoms with Crippen molar-refractivity contribution in [1.29, 1.82) is 0 Å². The lowest BCUT2D eigenvalue weighted by atomic mass is 10.3. The highest BCUT2D eigenvalue weighted by atomic mass is 79.9. The van der Waals surface area contributed by atoms with E-state index in [4.69, 9.17) is 5.73 Å². The Labute approximate surface area is 127 Å². The van der Waals surface area contributed by atoms with Crippen LogP contribution in [-0.2, 0) is 0 Å². The second kappa shape index (κ2) is 7.09. The fourth-order valence-electron chi connectivity index (χ4n) is 1.84. The largest absolute Gasteiger partial charge is 0.383 e. The molecule has 3 N–H and O–H groups in total. The van der Waals surface area contributed by atoms with Crippen LogP contribution in [0.1, 0.15) is 6.42 Å². The van der Waals surface area contributed by atoms with Gasteiger partial charge in [-0.05, 0) is 34.5 Å². The second-order valence-corrected chi connectivity index (χ2v) is 5.25. The van der Waals surface area contributed by atoms with Crippen LogP contribution in [0, 0.1) is 0 Å². The van der Waals surface area contributed by atoms with Crippen LogP contribution in [0.5, 0.6) is 0 Å². The molecular formula is C14H18BrN5. The van der Waals surface area contributed by atoms with Gasteiger partial charge in [0.1, 0.15) is 22.4 Å². The molecule has 0 aliphatic rings. The monoisotopic (exact) mass is 335 g/mol. The number of para-hydroxylation sites is 1. The summed E-state index contributed by atoms with van der Waals surface area (Å²) in [4.78, 5) is 10.3. The number of nitrogen functional groups attached to an aromatic ring is 1. The highest BCUT2D eigenvalue weighted by Crippen LogP contribution is 2.23. The summed E-state index contributed by atoms with van der Waals surface area (Å²) in [6.45, 7) is 1.79. The van der Waals surface area contributed by atoms with Gasteiger partial charge in [0.05, 0.1) is 0 Å². The lowest BCUT2D eigenvalue weighted by Crippen LogP contribution is -2.21. The summed E-state index contributed by atoms with van der Waals surface area (Å²) in [6.07, 6.45) is 2.46. The van der Waals surface area contributed by atoms with E-state index in [9.17, 15) is 0 Å². The van der Waals surface area contributed by atoms with Crippen LogP contribution in [0.15, 0.2) is 41.1 Å². The summed E-state index contributed by atoms with van der Waals surface area (Å²) in [5, 5.41) is 3.26. The molecule has 0 aliphatic heterocycles. The van der Waals surface area contributed by atoms with Crippen LogP contribution in [0.4, 0.5) is 17.3 Å². The number of nitrogens with two attached hydrogens (primary N) is 1. The molecule has 1 heterocycles. The number of benzene rings is 1. The molecule has 106 valence electrons. The number of rotatable bonds is 6. The van der Waals surface area contributed by atoms with E-state index >= 15 is 0 Å². The van der Waals surface area contributed by atoms with Crippen LogP contribution in [0.25, 0.3) is 0 Å². The molecule has 1 aromatic carbocycles. The predicted molar refractivity (Wildman–Crippen MR) is 87.0 cm³/mol. The number of nitrogens with one attached hydrogen (secondary N) is 1. The highest BCUT2D eigenvalue weighted by Gasteiger charge is 2.05. The number of halogens is 1. The molecule has 0 saturated heterocycles. The standard InChI is InChI=1S/C14H18BrN5/c1-20(11-6-3-2-4-7-11)9-5-8-17-14-12(15)13(16)18-10-19-14/h2-4,6-7,10H,5,8-9H2,1H3,(H3,16,17,18,19). The first-order valence-corrected chi connectivity index (χ1v) is 7.24. The number of hydrogen-bond acceptors (Lipinski definition) is 5. The zero-order valence-corrected chi connectivity index (χ0v) is 13.0. The Morgan fingerprint density at radius 1 is 1.25 bits per heavy atom. The number of nitrogens with zero attached hydrogens (tertiary/aromatic N) is 3. The van der Waals surface area contributed by atoms with E-state index in [0.717, 1.165) is 29.8 Å². The smallest absolute Gasteiger partial charge is 0.145 e. The molecule has 0 bridgehead atoms. The van der Waals surface area contributed by atoms with Crippen molar-refractivity contribution in [3.63, 3.8) is 0 Å². The summed E-state index contributed by atoms with van der Waals surface area (Å²) >= 11 is 3.38. The molecule has 2 rings (SSSR count). The Bertz CT molecular complexity index is 547. The van der Waals surface area contributed by atoms with Crippen molar-refractivity contribution in [3.05, 3.63) is 41.1 Å². The van der Waals surface area contributed by atoms with Crippen molar-refractivity contribution in [2.75, 3.05) is 36.1 Å². The lowest BCUT2D eigenvalue weighted by molar-refractivity contribution is 0.813. The van der Waals surface area contributed by atoms with E-state index in [1.165, 1.54) is 12.0 Å². The van der Waals surface area contributed by atoms with E-state index in [1.807, 2.05) is 18.2 Å². The molecule has 0 unspecified atom stereocenters. The molecule has 0 atom stereocenters. The summed E-state index contributed by atoms with van der Waals surface area (Å²) in [7, 11) is 2.09. The van der Waals surface area contributed by atoms with E-state index < -0.39 is 0 Å². The summed E-state index contributed by atoms with van der Waals surface area (Å²) in [5.74, 6) is 1.18. The summed E-state index contributed by atoms with van der Waals surface area (Å²) < 4.78 is 0.719. The average molecular weight is 336 g/mol. The molecule has 6 heteroatoms. The van der Waals surface area contributed by atoms with Crippen LogP contribution in [-0.4, -0.2) is 30.1 Å². The van der Waals surface area contributed by atoms with E-state index in [0.29, 0.717) is 5.82 Å². The Morgan fingerprint density at radius 2 is 2.00 bits per heavy atom. The molecular weight excluding hydrogens is 318 g/mol. The van der Waals surface area contributed by atoms with E-state index in [1.54, 1.807) is 0 Å². The van der Waals surface area contributed by atoms with Gasteiger partial charge in [0, 0.05) is 25.8 Å². The van der Waals surface area contributed by atoms with Gasteiger partial charge in [-0.15, -0.1) is 0 Å². The van der Waals surface area contributed by atoms with Gasteiger partial charge >= 0.3 is 0 Å². The highest BCUT2D eigenvalue weighted by molar-refractivity contribution is 9.10. The summed E-state index contributed by atoms with van der Waals surface area (Å²) in [6, 6.07) is 10.3. The molecule has 0 radical (unpaired) electrons.